The van der Waals surface area contributed by atoms with E-state index in [0.717, 1.165) is 6.42 Å². The summed E-state index contributed by atoms with van der Waals surface area (Å²) >= 11 is 0. The molecule has 1 aromatic heterocycles. The van der Waals surface area contributed by atoms with Gasteiger partial charge >= 0.3 is 0 Å². The molecule has 0 N–H and O–H groups in total. The molecule has 0 saturated carbocycles. The zero-order chi connectivity index (χ0) is 20.8. The Hall–Kier alpha value is -2.87. The molecule has 1 fully saturated rings. The standard InChI is InChI=1S/C21H27N3O5/c1-15(25)18-12-20(28-3)19(27-2)10-16(18)11-21(26)23-7-5-9-29-17(13-23)14-24-8-4-6-22-24/h4,6,8,10,12,17H,5,7,9,11,13-14H2,1-3H3/t17-/m1/s1. The average Bonchev–Trinajstić information content (AvgIpc) is 3.10. The first-order valence-electron chi connectivity index (χ1n) is 9.64. The van der Waals surface area contributed by atoms with Gasteiger partial charge in [0.2, 0.25) is 5.91 Å². The highest BCUT2D eigenvalue weighted by Crippen LogP contribution is 2.31. The molecule has 1 amide bonds. The van der Waals surface area contributed by atoms with E-state index < -0.39 is 0 Å². The van der Waals surface area contributed by atoms with Gasteiger partial charge in [0.05, 0.1) is 33.3 Å². The first-order chi connectivity index (χ1) is 14.0. The summed E-state index contributed by atoms with van der Waals surface area (Å²) in [5, 5.41) is 4.21. The molecule has 156 valence electrons. The van der Waals surface area contributed by atoms with Gasteiger partial charge in [-0.1, -0.05) is 0 Å². The molecule has 0 bridgehead atoms. The molecule has 29 heavy (non-hydrogen) atoms. The SMILES string of the molecule is COc1cc(CC(=O)N2CCCO[C@@H](Cn3cccn3)C2)c(C(C)=O)cc1OC. The molecule has 0 spiro atoms. The highest BCUT2D eigenvalue weighted by atomic mass is 16.5. The quantitative estimate of drug-likeness (QED) is 0.660. The van der Waals surface area contributed by atoms with E-state index in [-0.39, 0.29) is 24.2 Å². The number of amides is 1. The molecule has 3 rings (SSSR count). The van der Waals surface area contributed by atoms with Gasteiger partial charge in [0.25, 0.3) is 0 Å². The topological polar surface area (TPSA) is 82.9 Å². The summed E-state index contributed by atoms with van der Waals surface area (Å²) in [6.45, 7) is 3.78. The van der Waals surface area contributed by atoms with Gasteiger partial charge in [0, 0.05) is 37.7 Å². The summed E-state index contributed by atoms with van der Waals surface area (Å²) in [4.78, 5) is 27.0. The fourth-order valence-corrected chi connectivity index (χ4v) is 3.52. The number of rotatable bonds is 7. The minimum atomic E-state index is -0.126. The van der Waals surface area contributed by atoms with Crippen molar-refractivity contribution in [2.75, 3.05) is 33.9 Å². The lowest BCUT2D eigenvalue weighted by Gasteiger charge is -2.24. The summed E-state index contributed by atoms with van der Waals surface area (Å²) in [6, 6.07) is 5.21. The van der Waals surface area contributed by atoms with Crippen LogP contribution >= 0.6 is 0 Å². The molecule has 0 unspecified atom stereocenters. The van der Waals surface area contributed by atoms with Gasteiger partial charge in [-0.05, 0) is 37.1 Å². The van der Waals surface area contributed by atoms with E-state index in [2.05, 4.69) is 5.10 Å². The molecule has 8 heteroatoms. The van der Waals surface area contributed by atoms with Crippen molar-refractivity contribution in [2.45, 2.75) is 32.4 Å². The van der Waals surface area contributed by atoms with E-state index >= 15 is 0 Å². The van der Waals surface area contributed by atoms with Crippen LogP contribution in [0, 0.1) is 0 Å². The van der Waals surface area contributed by atoms with Crippen LogP contribution in [0.1, 0.15) is 29.3 Å². The molecule has 1 aliphatic heterocycles. The van der Waals surface area contributed by atoms with Crippen molar-refractivity contribution in [1.82, 2.24) is 14.7 Å². The number of hydrogen-bond donors (Lipinski definition) is 0. The summed E-state index contributed by atoms with van der Waals surface area (Å²) in [6.07, 6.45) is 4.36. The van der Waals surface area contributed by atoms with Crippen molar-refractivity contribution >= 4 is 11.7 Å². The highest BCUT2D eigenvalue weighted by molar-refractivity contribution is 5.97. The van der Waals surface area contributed by atoms with Crippen molar-refractivity contribution in [2.24, 2.45) is 0 Å². The van der Waals surface area contributed by atoms with Gasteiger partial charge in [-0.25, -0.2) is 0 Å². The number of hydrogen-bond acceptors (Lipinski definition) is 6. The Balaban J connectivity index is 1.76. The summed E-state index contributed by atoms with van der Waals surface area (Å²) in [7, 11) is 3.05. The molecular formula is C21H27N3O5. The van der Waals surface area contributed by atoms with Gasteiger partial charge in [-0.15, -0.1) is 0 Å². The van der Waals surface area contributed by atoms with Crippen molar-refractivity contribution in [1.29, 1.82) is 0 Å². The van der Waals surface area contributed by atoms with Crippen molar-refractivity contribution < 1.29 is 23.8 Å². The molecular weight excluding hydrogens is 374 g/mol. The van der Waals surface area contributed by atoms with Crippen LogP contribution in [0.25, 0.3) is 0 Å². The summed E-state index contributed by atoms with van der Waals surface area (Å²) in [5.74, 6) is 0.799. The maximum Gasteiger partial charge on any atom is 0.227 e. The fraction of sp³-hybridized carbons (Fsp3) is 0.476. The molecule has 1 aromatic carbocycles. The van der Waals surface area contributed by atoms with Gasteiger partial charge in [0.15, 0.2) is 17.3 Å². The third-order valence-corrected chi connectivity index (χ3v) is 4.98. The van der Waals surface area contributed by atoms with Crippen molar-refractivity contribution in [3.05, 3.63) is 41.7 Å². The monoisotopic (exact) mass is 401 g/mol. The van der Waals surface area contributed by atoms with Gasteiger partial charge in [-0.3, -0.25) is 14.3 Å². The van der Waals surface area contributed by atoms with E-state index in [1.807, 2.05) is 17.2 Å². The number of nitrogens with zero attached hydrogens (tertiary/aromatic N) is 3. The maximum absolute atomic E-state index is 13.1. The van der Waals surface area contributed by atoms with E-state index in [0.29, 0.717) is 48.9 Å². The second-order valence-electron chi connectivity index (χ2n) is 7.01. The van der Waals surface area contributed by atoms with E-state index in [1.165, 1.54) is 21.1 Å². The predicted molar refractivity (Wildman–Crippen MR) is 106 cm³/mol. The van der Waals surface area contributed by atoms with Crippen LogP contribution in [-0.4, -0.2) is 66.4 Å². The highest BCUT2D eigenvalue weighted by Gasteiger charge is 2.25. The predicted octanol–water partition coefficient (Wildman–Crippen LogP) is 1.96. The molecule has 1 atom stereocenters. The Labute approximate surface area is 170 Å². The van der Waals surface area contributed by atoms with E-state index in [9.17, 15) is 9.59 Å². The van der Waals surface area contributed by atoms with Crippen LogP contribution in [0.15, 0.2) is 30.6 Å². The van der Waals surface area contributed by atoms with Gasteiger partial charge in [0.1, 0.15) is 0 Å². The molecule has 0 aliphatic carbocycles. The van der Waals surface area contributed by atoms with Crippen LogP contribution in [0.3, 0.4) is 0 Å². The second-order valence-corrected chi connectivity index (χ2v) is 7.01. The lowest BCUT2D eigenvalue weighted by atomic mass is 9.99. The molecule has 2 aromatic rings. The lowest BCUT2D eigenvalue weighted by molar-refractivity contribution is -0.131. The first kappa shape index (κ1) is 20.9. The van der Waals surface area contributed by atoms with Crippen molar-refractivity contribution in [3.8, 4) is 11.5 Å². The smallest absolute Gasteiger partial charge is 0.227 e. The second kappa shape index (κ2) is 9.56. The average molecular weight is 401 g/mol. The van der Waals surface area contributed by atoms with Crippen LogP contribution in [0.4, 0.5) is 0 Å². The fourth-order valence-electron chi connectivity index (χ4n) is 3.52. The molecule has 2 heterocycles. The van der Waals surface area contributed by atoms with E-state index in [4.69, 9.17) is 14.2 Å². The van der Waals surface area contributed by atoms with Crippen LogP contribution in [0.5, 0.6) is 11.5 Å². The zero-order valence-corrected chi connectivity index (χ0v) is 17.1. The van der Waals surface area contributed by atoms with Crippen LogP contribution in [0.2, 0.25) is 0 Å². The summed E-state index contributed by atoms with van der Waals surface area (Å²) in [5.41, 5.74) is 1.10. The van der Waals surface area contributed by atoms with E-state index in [1.54, 1.807) is 23.0 Å². The number of benzene rings is 1. The van der Waals surface area contributed by atoms with Crippen LogP contribution in [-0.2, 0) is 22.5 Å². The Morgan fingerprint density at radius 2 is 2.00 bits per heavy atom. The lowest BCUT2D eigenvalue weighted by Crippen LogP contribution is -2.39. The number of carbonyl (C=O) groups excluding carboxylic acids is 2. The number of ether oxygens (including phenoxy) is 3. The molecule has 0 radical (unpaired) electrons. The molecule has 8 nitrogen and oxygen atoms in total. The number of methoxy groups -OCH3 is 2. The number of Topliss-reactive ketones (excluding diaryl/α,β-unsaturated/α-hetero) is 1. The Morgan fingerprint density at radius 3 is 2.66 bits per heavy atom. The minimum absolute atomic E-state index is 0.0457. The Kier molecular flexibility index (Phi) is 6.87. The maximum atomic E-state index is 13.1. The van der Waals surface area contributed by atoms with Gasteiger partial charge < -0.3 is 19.1 Å². The van der Waals surface area contributed by atoms with Gasteiger partial charge in [-0.2, -0.15) is 5.10 Å². The third kappa shape index (κ3) is 5.14. The number of ketones is 1. The molecule has 1 aliphatic rings. The Bertz CT molecular complexity index is 850. The normalized spacial score (nSPS) is 16.9. The number of carbonyl (C=O) groups is 2. The number of aromatic nitrogens is 2. The van der Waals surface area contributed by atoms with Crippen molar-refractivity contribution in [3.63, 3.8) is 0 Å². The molecule has 1 saturated heterocycles. The minimum Gasteiger partial charge on any atom is -0.493 e. The first-order valence-corrected chi connectivity index (χ1v) is 9.64. The summed E-state index contributed by atoms with van der Waals surface area (Å²) < 4.78 is 18.3. The Morgan fingerprint density at radius 1 is 1.24 bits per heavy atom. The van der Waals surface area contributed by atoms with Crippen LogP contribution < -0.4 is 9.47 Å². The third-order valence-electron chi connectivity index (χ3n) is 4.98. The largest absolute Gasteiger partial charge is 0.493 e. The zero-order valence-electron chi connectivity index (χ0n) is 17.1.